The van der Waals surface area contributed by atoms with Gasteiger partial charge in [0.2, 0.25) is 0 Å². The lowest BCUT2D eigenvalue weighted by atomic mass is 9.98. The van der Waals surface area contributed by atoms with Gasteiger partial charge in [-0.25, -0.2) is 19.9 Å². The zero-order valence-corrected chi connectivity index (χ0v) is 24.2. The van der Waals surface area contributed by atoms with E-state index in [4.69, 9.17) is 19.9 Å². The van der Waals surface area contributed by atoms with Crippen molar-refractivity contribution in [2.24, 2.45) is 0 Å². The van der Waals surface area contributed by atoms with Crippen LogP contribution in [0.3, 0.4) is 0 Å². The Bertz CT molecular complexity index is 2520. The molecule has 0 unspecified atom stereocenters. The number of nitrogens with zero attached hydrogens (tertiary/aromatic N) is 5. The van der Waals surface area contributed by atoms with E-state index < -0.39 is 0 Å². The van der Waals surface area contributed by atoms with Gasteiger partial charge in [0.1, 0.15) is 11.2 Å². The highest BCUT2D eigenvalue weighted by atomic mass is 15.1. The maximum absolute atomic E-state index is 5.15. The first-order valence-electron chi connectivity index (χ1n) is 15.0. The van der Waals surface area contributed by atoms with E-state index in [0.717, 1.165) is 83.5 Å². The molecular formula is C40H25N5. The zero-order valence-electron chi connectivity index (χ0n) is 24.2. The Hall–Kier alpha value is -6.20. The second-order valence-corrected chi connectivity index (χ2v) is 11.2. The summed E-state index contributed by atoms with van der Waals surface area (Å²) in [4.78, 5) is 19.9. The monoisotopic (exact) mass is 575 g/mol. The number of fused-ring (bicyclic) bond motifs is 6. The third-order valence-electron chi connectivity index (χ3n) is 8.44. The molecule has 0 radical (unpaired) electrons. The lowest BCUT2D eigenvalue weighted by Crippen LogP contribution is -1.95. The summed E-state index contributed by atoms with van der Waals surface area (Å²) >= 11 is 0. The van der Waals surface area contributed by atoms with Gasteiger partial charge in [-0.2, -0.15) is 0 Å². The van der Waals surface area contributed by atoms with Crippen molar-refractivity contribution in [3.8, 4) is 45.0 Å². The van der Waals surface area contributed by atoms with Crippen LogP contribution in [0.4, 0.5) is 0 Å². The number of benzene rings is 5. The van der Waals surface area contributed by atoms with Gasteiger partial charge < -0.3 is 0 Å². The molecule has 9 rings (SSSR count). The van der Waals surface area contributed by atoms with Crippen molar-refractivity contribution in [1.29, 1.82) is 0 Å². The van der Waals surface area contributed by atoms with Crippen LogP contribution in [0.1, 0.15) is 0 Å². The Balaban J connectivity index is 1.10. The van der Waals surface area contributed by atoms with Gasteiger partial charge in [-0.3, -0.25) is 4.40 Å². The van der Waals surface area contributed by atoms with Crippen molar-refractivity contribution in [3.05, 3.63) is 152 Å². The van der Waals surface area contributed by atoms with E-state index in [1.807, 2.05) is 60.8 Å². The van der Waals surface area contributed by atoms with Crippen LogP contribution in [-0.2, 0) is 0 Å². The summed E-state index contributed by atoms with van der Waals surface area (Å²) in [6, 6.07) is 50.1. The van der Waals surface area contributed by atoms with Crippen molar-refractivity contribution >= 4 is 38.5 Å². The average molecular weight is 576 g/mol. The molecule has 45 heavy (non-hydrogen) atoms. The number of aromatic nitrogens is 5. The fraction of sp³-hybridized carbons (Fsp3) is 0. The molecule has 5 aromatic carbocycles. The van der Waals surface area contributed by atoms with E-state index in [0.29, 0.717) is 0 Å². The number of hydrogen-bond donors (Lipinski definition) is 0. The maximum Gasteiger partial charge on any atom is 0.165 e. The van der Waals surface area contributed by atoms with Gasteiger partial charge in [0.15, 0.2) is 11.5 Å². The third kappa shape index (κ3) is 4.25. The van der Waals surface area contributed by atoms with Crippen LogP contribution < -0.4 is 0 Å². The Labute approximate surface area is 259 Å². The molecule has 0 saturated carbocycles. The molecule has 0 aliphatic heterocycles. The summed E-state index contributed by atoms with van der Waals surface area (Å²) in [5, 5.41) is 3.24. The van der Waals surface area contributed by atoms with Crippen molar-refractivity contribution in [3.63, 3.8) is 0 Å². The maximum atomic E-state index is 5.15. The minimum Gasteiger partial charge on any atom is -0.284 e. The van der Waals surface area contributed by atoms with Gasteiger partial charge in [0.25, 0.3) is 0 Å². The summed E-state index contributed by atoms with van der Waals surface area (Å²) in [5.74, 6) is 0.729. The molecule has 4 heterocycles. The van der Waals surface area contributed by atoms with Crippen LogP contribution in [0.5, 0.6) is 0 Å². The topological polar surface area (TPSA) is 56.0 Å². The van der Waals surface area contributed by atoms with Gasteiger partial charge in [-0.05, 0) is 29.3 Å². The van der Waals surface area contributed by atoms with Crippen LogP contribution in [-0.4, -0.2) is 24.3 Å². The summed E-state index contributed by atoms with van der Waals surface area (Å²) in [6.07, 6.45) is 2.02. The Morgan fingerprint density at radius 2 is 0.956 bits per heavy atom. The summed E-state index contributed by atoms with van der Waals surface area (Å²) in [7, 11) is 0. The fourth-order valence-corrected chi connectivity index (χ4v) is 6.21. The van der Waals surface area contributed by atoms with E-state index in [1.54, 1.807) is 0 Å². The normalized spacial score (nSPS) is 11.6. The molecule has 210 valence electrons. The van der Waals surface area contributed by atoms with Gasteiger partial charge in [-0.1, -0.05) is 127 Å². The van der Waals surface area contributed by atoms with E-state index in [1.165, 1.54) is 0 Å². The molecule has 0 fully saturated rings. The number of para-hydroxylation sites is 1. The number of pyridine rings is 2. The molecule has 0 N–H and O–H groups in total. The molecular weight excluding hydrogens is 550 g/mol. The Kier molecular flexibility index (Phi) is 5.74. The molecule has 5 nitrogen and oxygen atoms in total. The highest BCUT2D eigenvalue weighted by molar-refractivity contribution is 6.09. The van der Waals surface area contributed by atoms with Crippen molar-refractivity contribution in [1.82, 2.24) is 24.3 Å². The molecule has 5 heteroatoms. The fourth-order valence-electron chi connectivity index (χ4n) is 6.21. The lowest BCUT2D eigenvalue weighted by molar-refractivity contribution is 1.19. The van der Waals surface area contributed by atoms with Crippen molar-refractivity contribution < 1.29 is 0 Å². The van der Waals surface area contributed by atoms with Crippen LogP contribution in [0.15, 0.2) is 152 Å². The van der Waals surface area contributed by atoms with Gasteiger partial charge in [0, 0.05) is 39.0 Å². The average Bonchev–Trinajstić information content (AvgIpc) is 3.50. The highest BCUT2D eigenvalue weighted by Gasteiger charge is 2.15. The molecule has 4 aromatic heterocycles. The van der Waals surface area contributed by atoms with Gasteiger partial charge in [0.05, 0.1) is 16.9 Å². The SMILES string of the molecule is c1ccc(-c2nc(-c3ccc(-c4ccc(-c5nc6c(nc7ccccn76)c6ccccc56)cc4)cc3)c3ccccc3n2)cc1. The molecule has 0 amide bonds. The van der Waals surface area contributed by atoms with E-state index in [9.17, 15) is 0 Å². The van der Waals surface area contributed by atoms with Gasteiger partial charge >= 0.3 is 0 Å². The first kappa shape index (κ1) is 25.3. The lowest BCUT2D eigenvalue weighted by Gasteiger charge is -2.11. The molecule has 0 atom stereocenters. The number of hydrogen-bond acceptors (Lipinski definition) is 4. The van der Waals surface area contributed by atoms with Crippen molar-refractivity contribution in [2.75, 3.05) is 0 Å². The minimum absolute atomic E-state index is 0.729. The predicted molar refractivity (Wildman–Crippen MR) is 183 cm³/mol. The quantitative estimate of drug-likeness (QED) is 0.210. The van der Waals surface area contributed by atoms with E-state index >= 15 is 0 Å². The standard InChI is InChI=1S/C40H25N5/c1-2-10-30(11-3-1)39-41-34-15-7-6-14-33(34)37(43-39)29-23-19-27(20-24-29)26-17-21-28(22-18-26)36-31-12-4-5-13-32(31)38-40(44-36)45-25-9-8-16-35(45)42-38/h1-25H. The number of imidazole rings is 1. The minimum atomic E-state index is 0.729. The smallest absolute Gasteiger partial charge is 0.165 e. The first-order chi connectivity index (χ1) is 22.3. The molecule has 0 spiro atoms. The second kappa shape index (κ2) is 10.2. The van der Waals surface area contributed by atoms with Crippen LogP contribution >= 0.6 is 0 Å². The van der Waals surface area contributed by atoms with Crippen LogP contribution in [0.2, 0.25) is 0 Å². The van der Waals surface area contributed by atoms with E-state index in [-0.39, 0.29) is 0 Å². The molecule has 9 aromatic rings. The molecule has 0 aliphatic carbocycles. The van der Waals surface area contributed by atoms with Crippen molar-refractivity contribution in [2.45, 2.75) is 0 Å². The largest absolute Gasteiger partial charge is 0.284 e. The predicted octanol–water partition coefficient (Wildman–Crippen LogP) is 9.65. The molecule has 0 aliphatic rings. The van der Waals surface area contributed by atoms with Crippen LogP contribution in [0, 0.1) is 0 Å². The first-order valence-corrected chi connectivity index (χ1v) is 15.0. The van der Waals surface area contributed by atoms with Gasteiger partial charge in [-0.15, -0.1) is 0 Å². The van der Waals surface area contributed by atoms with Crippen LogP contribution in [0.25, 0.3) is 83.5 Å². The summed E-state index contributed by atoms with van der Waals surface area (Å²) in [5.41, 5.74) is 10.9. The summed E-state index contributed by atoms with van der Waals surface area (Å²) < 4.78 is 2.06. The third-order valence-corrected chi connectivity index (χ3v) is 8.44. The zero-order chi connectivity index (χ0) is 29.7. The molecule has 0 saturated heterocycles. The Morgan fingerprint density at radius 3 is 1.69 bits per heavy atom. The second-order valence-electron chi connectivity index (χ2n) is 11.2. The Morgan fingerprint density at radius 1 is 0.378 bits per heavy atom. The molecule has 0 bridgehead atoms. The highest BCUT2D eigenvalue weighted by Crippen LogP contribution is 2.35. The van der Waals surface area contributed by atoms with E-state index in [2.05, 4.69) is 95.4 Å². The number of rotatable bonds is 4. The summed E-state index contributed by atoms with van der Waals surface area (Å²) in [6.45, 7) is 0.